The predicted molar refractivity (Wildman–Crippen MR) is 113 cm³/mol. The van der Waals surface area contributed by atoms with Gasteiger partial charge >= 0.3 is 0 Å². The van der Waals surface area contributed by atoms with E-state index in [0.29, 0.717) is 25.3 Å². The van der Waals surface area contributed by atoms with E-state index in [1.807, 2.05) is 66.5 Å². The number of methoxy groups -OCH3 is 1. The molecule has 1 atom stereocenters. The van der Waals surface area contributed by atoms with Crippen LogP contribution in [0.3, 0.4) is 0 Å². The van der Waals surface area contributed by atoms with Crippen LogP contribution in [0.4, 0.5) is 0 Å². The second kappa shape index (κ2) is 10.1. The van der Waals surface area contributed by atoms with Crippen LogP contribution in [0.1, 0.15) is 17.0 Å². The smallest absolute Gasteiger partial charge is 0.242 e. The lowest BCUT2D eigenvalue weighted by Gasteiger charge is -2.32. The van der Waals surface area contributed by atoms with Gasteiger partial charge in [-0.3, -0.25) is 9.59 Å². The van der Waals surface area contributed by atoms with Gasteiger partial charge in [-0.15, -0.1) is 0 Å². The van der Waals surface area contributed by atoms with Crippen molar-refractivity contribution in [3.05, 3.63) is 65.7 Å². The summed E-state index contributed by atoms with van der Waals surface area (Å²) in [6.45, 7) is 3.15. The monoisotopic (exact) mass is 395 g/mol. The number of likely N-dealkylation sites (N-methyl/N-ethyl adjacent to an activating group) is 1. The van der Waals surface area contributed by atoms with Crippen LogP contribution in [-0.4, -0.2) is 68.5 Å². The Morgan fingerprint density at radius 1 is 1.03 bits per heavy atom. The minimum atomic E-state index is -0.396. The molecule has 154 valence electrons. The SMILES string of the molecule is COc1cccc(C(Cc2ccccc2)C(=O)NCC(=O)N2CCN(C)CC2)c1. The molecule has 1 aliphatic rings. The number of nitrogens with zero attached hydrogens (tertiary/aromatic N) is 2. The molecular weight excluding hydrogens is 366 g/mol. The van der Waals surface area contributed by atoms with Crippen LogP contribution in [0.5, 0.6) is 5.75 Å². The van der Waals surface area contributed by atoms with Gasteiger partial charge in [-0.2, -0.15) is 0 Å². The molecule has 0 aromatic heterocycles. The topological polar surface area (TPSA) is 61.9 Å². The average molecular weight is 396 g/mol. The summed E-state index contributed by atoms with van der Waals surface area (Å²) in [5, 5.41) is 2.86. The number of rotatable bonds is 7. The lowest BCUT2D eigenvalue weighted by atomic mass is 9.91. The molecule has 29 heavy (non-hydrogen) atoms. The van der Waals surface area contributed by atoms with E-state index < -0.39 is 5.92 Å². The van der Waals surface area contributed by atoms with E-state index >= 15 is 0 Å². The highest BCUT2D eigenvalue weighted by molar-refractivity contribution is 5.88. The molecule has 0 aliphatic carbocycles. The number of piperazine rings is 1. The fourth-order valence-corrected chi connectivity index (χ4v) is 3.52. The Bertz CT molecular complexity index is 817. The van der Waals surface area contributed by atoms with Gasteiger partial charge < -0.3 is 19.9 Å². The molecule has 6 heteroatoms. The van der Waals surface area contributed by atoms with Crippen molar-refractivity contribution < 1.29 is 14.3 Å². The molecule has 0 spiro atoms. The van der Waals surface area contributed by atoms with Gasteiger partial charge in [0.15, 0.2) is 0 Å². The number of nitrogens with one attached hydrogen (secondary N) is 1. The van der Waals surface area contributed by atoms with Crippen LogP contribution in [0.2, 0.25) is 0 Å². The van der Waals surface area contributed by atoms with Crippen LogP contribution in [0.25, 0.3) is 0 Å². The van der Waals surface area contributed by atoms with E-state index in [1.54, 1.807) is 7.11 Å². The molecule has 2 aromatic rings. The van der Waals surface area contributed by atoms with Crippen molar-refractivity contribution in [3.63, 3.8) is 0 Å². The van der Waals surface area contributed by atoms with Crippen molar-refractivity contribution in [1.82, 2.24) is 15.1 Å². The highest BCUT2D eigenvalue weighted by Gasteiger charge is 2.24. The first kappa shape index (κ1) is 20.9. The second-order valence-corrected chi connectivity index (χ2v) is 7.42. The maximum atomic E-state index is 13.1. The van der Waals surface area contributed by atoms with Gasteiger partial charge in [0.2, 0.25) is 11.8 Å². The maximum Gasteiger partial charge on any atom is 0.242 e. The second-order valence-electron chi connectivity index (χ2n) is 7.42. The van der Waals surface area contributed by atoms with Gasteiger partial charge in [-0.1, -0.05) is 42.5 Å². The quantitative estimate of drug-likeness (QED) is 0.778. The lowest BCUT2D eigenvalue weighted by molar-refractivity contribution is -0.134. The predicted octanol–water partition coefficient (Wildman–Crippen LogP) is 1.91. The van der Waals surface area contributed by atoms with E-state index in [4.69, 9.17) is 4.74 Å². The zero-order valence-corrected chi connectivity index (χ0v) is 17.1. The highest BCUT2D eigenvalue weighted by atomic mass is 16.5. The first-order chi connectivity index (χ1) is 14.1. The van der Waals surface area contributed by atoms with Crippen molar-refractivity contribution in [2.45, 2.75) is 12.3 Å². The van der Waals surface area contributed by atoms with E-state index in [9.17, 15) is 9.59 Å². The van der Waals surface area contributed by atoms with Crippen LogP contribution in [0.15, 0.2) is 54.6 Å². The number of hydrogen-bond donors (Lipinski definition) is 1. The molecule has 1 unspecified atom stereocenters. The Morgan fingerprint density at radius 2 is 1.76 bits per heavy atom. The molecule has 1 heterocycles. The molecule has 1 aliphatic heterocycles. The molecule has 1 fully saturated rings. The van der Waals surface area contributed by atoms with Gasteiger partial charge in [0, 0.05) is 26.2 Å². The minimum absolute atomic E-state index is 0.0256. The molecule has 3 rings (SSSR count). The summed E-state index contributed by atoms with van der Waals surface area (Å²) in [4.78, 5) is 29.6. The Labute approximate surface area is 172 Å². The van der Waals surface area contributed by atoms with Gasteiger partial charge in [-0.25, -0.2) is 0 Å². The summed E-state index contributed by atoms with van der Waals surface area (Å²) >= 11 is 0. The molecule has 1 N–H and O–H groups in total. The minimum Gasteiger partial charge on any atom is -0.497 e. The Balaban J connectivity index is 1.69. The van der Waals surface area contributed by atoms with Gasteiger partial charge in [0.05, 0.1) is 19.6 Å². The Morgan fingerprint density at radius 3 is 2.45 bits per heavy atom. The van der Waals surface area contributed by atoms with Crippen molar-refractivity contribution in [2.24, 2.45) is 0 Å². The number of benzene rings is 2. The van der Waals surface area contributed by atoms with Crippen LogP contribution >= 0.6 is 0 Å². The summed E-state index contributed by atoms with van der Waals surface area (Å²) in [7, 11) is 3.66. The van der Waals surface area contributed by atoms with Gasteiger partial charge in [0.25, 0.3) is 0 Å². The molecule has 0 radical (unpaired) electrons. The summed E-state index contributed by atoms with van der Waals surface area (Å²) in [6.07, 6.45) is 0.558. The summed E-state index contributed by atoms with van der Waals surface area (Å²) in [6, 6.07) is 17.5. The number of amides is 2. The van der Waals surface area contributed by atoms with E-state index in [0.717, 1.165) is 24.2 Å². The van der Waals surface area contributed by atoms with Crippen molar-refractivity contribution in [1.29, 1.82) is 0 Å². The number of hydrogen-bond acceptors (Lipinski definition) is 4. The fraction of sp³-hybridized carbons (Fsp3) is 0.391. The van der Waals surface area contributed by atoms with Crippen LogP contribution in [0, 0.1) is 0 Å². The average Bonchev–Trinajstić information content (AvgIpc) is 2.76. The molecule has 0 bridgehead atoms. The third-order valence-corrected chi connectivity index (χ3v) is 5.37. The summed E-state index contributed by atoms with van der Waals surface area (Å²) in [5.41, 5.74) is 1.94. The summed E-state index contributed by atoms with van der Waals surface area (Å²) < 4.78 is 5.32. The van der Waals surface area contributed by atoms with Crippen molar-refractivity contribution >= 4 is 11.8 Å². The Hall–Kier alpha value is -2.86. The molecule has 2 aromatic carbocycles. The van der Waals surface area contributed by atoms with Crippen LogP contribution in [-0.2, 0) is 16.0 Å². The number of carbonyl (C=O) groups is 2. The molecular formula is C23H29N3O3. The zero-order valence-electron chi connectivity index (χ0n) is 17.1. The maximum absolute atomic E-state index is 13.1. The lowest BCUT2D eigenvalue weighted by Crippen LogP contribution is -2.50. The van der Waals surface area contributed by atoms with Gasteiger partial charge in [-0.05, 0) is 36.7 Å². The van der Waals surface area contributed by atoms with Crippen LogP contribution < -0.4 is 10.1 Å². The normalized spacial score (nSPS) is 15.6. The van der Waals surface area contributed by atoms with E-state index in [1.165, 1.54) is 0 Å². The molecule has 2 amide bonds. The van der Waals surface area contributed by atoms with Crippen molar-refractivity contribution in [3.8, 4) is 5.75 Å². The van der Waals surface area contributed by atoms with Crippen molar-refractivity contribution in [2.75, 3.05) is 46.9 Å². The molecule has 1 saturated heterocycles. The van der Waals surface area contributed by atoms with E-state index in [-0.39, 0.29) is 18.4 Å². The highest BCUT2D eigenvalue weighted by Crippen LogP contribution is 2.25. The number of ether oxygens (including phenoxy) is 1. The largest absolute Gasteiger partial charge is 0.497 e. The molecule has 0 saturated carbocycles. The number of carbonyl (C=O) groups excluding carboxylic acids is 2. The molecule has 6 nitrogen and oxygen atoms in total. The standard InChI is InChI=1S/C23H29N3O3/c1-25-11-13-26(14-12-25)22(27)17-24-23(28)21(15-18-7-4-3-5-8-18)19-9-6-10-20(16-19)29-2/h3-10,16,21H,11-15,17H2,1-2H3,(H,24,28). The van der Waals surface area contributed by atoms with Gasteiger partial charge in [0.1, 0.15) is 5.75 Å². The third-order valence-electron chi connectivity index (χ3n) is 5.37. The fourth-order valence-electron chi connectivity index (χ4n) is 3.52. The first-order valence-corrected chi connectivity index (χ1v) is 9.98. The van der Waals surface area contributed by atoms with E-state index in [2.05, 4.69) is 10.2 Å². The summed E-state index contributed by atoms with van der Waals surface area (Å²) in [5.74, 6) is 0.134. The zero-order chi connectivity index (χ0) is 20.6. The third kappa shape index (κ3) is 5.81. The Kier molecular flexibility index (Phi) is 7.25. The first-order valence-electron chi connectivity index (χ1n) is 9.98.